The highest BCUT2D eigenvalue weighted by Crippen LogP contribution is 2.31. The molecule has 138 valence electrons. The Morgan fingerprint density at radius 2 is 1.86 bits per heavy atom. The third-order valence-corrected chi connectivity index (χ3v) is 5.35. The standard InChI is InChI=1S/C21H17N5O2/c22-12-13-5-7-14(8-6-13)20-24-19(25-28-20)15-9-10-18-17(11-15)23-21(27)26(18)16-3-1-2-4-16/h5-11,16H,1-4H2,(H,23,27). The van der Waals surface area contributed by atoms with E-state index in [4.69, 9.17) is 9.78 Å². The molecule has 0 unspecified atom stereocenters. The van der Waals surface area contributed by atoms with Crippen LogP contribution < -0.4 is 5.69 Å². The van der Waals surface area contributed by atoms with Gasteiger partial charge in [0.2, 0.25) is 5.82 Å². The SMILES string of the molecule is N#Cc1ccc(-c2nc(-c3ccc4c(c3)[nH]c(=O)n4C3CCCC3)no2)cc1. The van der Waals surface area contributed by atoms with Crippen molar-refractivity contribution in [1.82, 2.24) is 19.7 Å². The first-order valence-corrected chi connectivity index (χ1v) is 9.32. The van der Waals surface area contributed by atoms with Gasteiger partial charge in [-0.2, -0.15) is 10.2 Å². The summed E-state index contributed by atoms with van der Waals surface area (Å²) in [4.78, 5) is 19.9. The molecule has 0 radical (unpaired) electrons. The summed E-state index contributed by atoms with van der Waals surface area (Å²) >= 11 is 0. The van der Waals surface area contributed by atoms with E-state index in [1.165, 1.54) is 12.8 Å². The molecule has 0 aliphatic heterocycles. The van der Waals surface area contributed by atoms with E-state index < -0.39 is 0 Å². The highest BCUT2D eigenvalue weighted by atomic mass is 16.5. The van der Waals surface area contributed by atoms with Crippen molar-refractivity contribution in [3.63, 3.8) is 0 Å². The summed E-state index contributed by atoms with van der Waals surface area (Å²) in [7, 11) is 0. The minimum Gasteiger partial charge on any atom is -0.334 e. The molecule has 1 fully saturated rings. The van der Waals surface area contributed by atoms with Gasteiger partial charge in [-0.1, -0.05) is 18.0 Å². The van der Waals surface area contributed by atoms with Gasteiger partial charge in [0.15, 0.2) is 0 Å². The number of benzene rings is 2. The summed E-state index contributed by atoms with van der Waals surface area (Å²) < 4.78 is 7.26. The van der Waals surface area contributed by atoms with Crippen LogP contribution in [-0.4, -0.2) is 19.7 Å². The molecule has 1 aliphatic carbocycles. The van der Waals surface area contributed by atoms with Gasteiger partial charge < -0.3 is 9.51 Å². The molecule has 7 nitrogen and oxygen atoms in total. The summed E-state index contributed by atoms with van der Waals surface area (Å²) in [6.07, 6.45) is 4.44. The molecule has 1 aliphatic rings. The largest absolute Gasteiger partial charge is 0.334 e. The number of aromatic nitrogens is 4. The van der Waals surface area contributed by atoms with E-state index in [0.717, 1.165) is 35.0 Å². The number of hydrogen-bond acceptors (Lipinski definition) is 5. The van der Waals surface area contributed by atoms with Crippen molar-refractivity contribution in [3.8, 4) is 28.9 Å². The Morgan fingerprint density at radius 3 is 2.61 bits per heavy atom. The molecule has 2 aromatic heterocycles. The monoisotopic (exact) mass is 371 g/mol. The van der Waals surface area contributed by atoms with Crippen molar-refractivity contribution in [3.05, 3.63) is 58.5 Å². The number of aromatic amines is 1. The second-order valence-electron chi connectivity index (χ2n) is 7.08. The average molecular weight is 371 g/mol. The van der Waals surface area contributed by atoms with Gasteiger partial charge in [-0.15, -0.1) is 0 Å². The normalized spacial score (nSPS) is 14.5. The molecule has 2 aromatic carbocycles. The summed E-state index contributed by atoms with van der Waals surface area (Å²) in [6, 6.07) is 15.1. The molecule has 28 heavy (non-hydrogen) atoms. The van der Waals surface area contributed by atoms with Crippen LogP contribution >= 0.6 is 0 Å². The molecule has 0 saturated heterocycles. The molecular weight excluding hydrogens is 354 g/mol. The van der Waals surface area contributed by atoms with Crippen molar-refractivity contribution in [2.75, 3.05) is 0 Å². The highest BCUT2D eigenvalue weighted by molar-refractivity contribution is 5.81. The van der Waals surface area contributed by atoms with Crippen molar-refractivity contribution in [2.45, 2.75) is 31.7 Å². The van der Waals surface area contributed by atoms with E-state index >= 15 is 0 Å². The number of imidazole rings is 1. The first-order chi connectivity index (χ1) is 13.7. The van der Waals surface area contributed by atoms with Crippen molar-refractivity contribution in [2.24, 2.45) is 0 Å². The maximum atomic E-state index is 12.4. The third-order valence-electron chi connectivity index (χ3n) is 5.35. The van der Waals surface area contributed by atoms with Gasteiger partial charge in [0.25, 0.3) is 5.89 Å². The molecule has 0 atom stereocenters. The maximum Gasteiger partial charge on any atom is 0.326 e. The Kier molecular flexibility index (Phi) is 3.83. The van der Waals surface area contributed by atoms with E-state index in [-0.39, 0.29) is 11.7 Å². The summed E-state index contributed by atoms with van der Waals surface area (Å²) in [5, 5.41) is 13.0. The quantitative estimate of drug-likeness (QED) is 0.586. The Morgan fingerprint density at radius 1 is 1.11 bits per heavy atom. The second-order valence-corrected chi connectivity index (χ2v) is 7.08. The van der Waals surface area contributed by atoms with Crippen LogP contribution in [0.25, 0.3) is 33.9 Å². The molecule has 7 heteroatoms. The number of rotatable bonds is 3. The zero-order valence-electron chi connectivity index (χ0n) is 15.1. The zero-order chi connectivity index (χ0) is 19.1. The lowest BCUT2D eigenvalue weighted by molar-refractivity contribution is 0.432. The van der Waals surface area contributed by atoms with Crippen LogP contribution in [0.3, 0.4) is 0 Å². The first kappa shape index (κ1) is 16.5. The van der Waals surface area contributed by atoms with Crippen molar-refractivity contribution >= 4 is 11.0 Å². The van der Waals surface area contributed by atoms with Crippen molar-refractivity contribution in [1.29, 1.82) is 5.26 Å². The summed E-state index contributed by atoms with van der Waals surface area (Å²) in [5.41, 5.74) is 3.72. The Balaban J connectivity index is 1.50. The third kappa shape index (κ3) is 2.70. The smallest absolute Gasteiger partial charge is 0.326 e. The number of nitrogens with zero attached hydrogens (tertiary/aromatic N) is 4. The van der Waals surface area contributed by atoms with Crippen LogP contribution in [-0.2, 0) is 0 Å². The Labute approximate surface area is 160 Å². The van der Waals surface area contributed by atoms with Gasteiger partial charge in [0, 0.05) is 17.2 Å². The topological polar surface area (TPSA) is 100 Å². The lowest BCUT2D eigenvalue weighted by Gasteiger charge is -2.11. The van der Waals surface area contributed by atoms with E-state index in [2.05, 4.69) is 21.2 Å². The first-order valence-electron chi connectivity index (χ1n) is 9.32. The molecular formula is C21H17N5O2. The van der Waals surface area contributed by atoms with E-state index in [9.17, 15) is 4.79 Å². The molecule has 5 rings (SSSR count). The van der Waals surface area contributed by atoms with E-state index in [0.29, 0.717) is 17.3 Å². The number of H-pyrrole nitrogens is 1. The van der Waals surface area contributed by atoms with Gasteiger partial charge in [-0.05, 0) is 55.3 Å². The molecule has 2 heterocycles. The molecule has 1 N–H and O–H groups in total. The van der Waals surface area contributed by atoms with Crippen LogP contribution in [0.5, 0.6) is 0 Å². The fourth-order valence-corrected chi connectivity index (χ4v) is 3.94. The van der Waals surface area contributed by atoms with Gasteiger partial charge in [-0.25, -0.2) is 4.79 Å². The maximum absolute atomic E-state index is 12.4. The predicted molar refractivity (Wildman–Crippen MR) is 104 cm³/mol. The lowest BCUT2D eigenvalue weighted by Crippen LogP contribution is -2.20. The molecule has 0 spiro atoms. The van der Waals surface area contributed by atoms with Crippen LogP contribution in [0, 0.1) is 11.3 Å². The average Bonchev–Trinajstić information content (AvgIpc) is 3.46. The number of fused-ring (bicyclic) bond motifs is 1. The predicted octanol–water partition coefficient (Wildman–Crippen LogP) is 4.03. The molecule has 0 bridgehead atoms. The summed E-state index contributed by atoms with van der Waals surface area (Å²) in [5.74, 6) is 0.840. The van der Waals surface area contributed by atoms with Crippen LogP contribution in [0.15, 0.2) is 51.8 Å². The van der Waals surface area contributed by atoms with Gasteiger partial charge >= 0.3 is 5.69 Å². The molecule has 0 amide bonds. The summed E-state index contributed by atoms with van der Waals surface area (Å²) in [6.45, 7) is 0. The minimum atomic E-state index is -0.0644. The Hall–Kier alpha value is -3.66. The fourth-order valence-electron chi connectivity index (χ4n) is 3.94. The Bertz CT molecular complexity index is 1250. The van der Waals surface area contributed by atoms with E-state index in [1.807, 2.05) is 22.8 Å². The zero-order valence-corrected chi connectivity index (χ0v) is 15.1. The van der Waals surface area contributed by atoms with Gasteiger partial charge in [-0.3, -0.25) is 4.57 Å². The van der Waals surface area contributed by atoms with Gasteiger partial charge in [0.05, 0.1) is 22.7 Å². The lowest BCUT2D eigenvalue weighted by atomic mass is 10.1. The van der Waals surface area contributed by atoms with Gasteiger partial charge in [0.1, 0.15) is 0 Å². The number of nitriles is 1. The highest BCUT2D eigenvalue weighted by Gasteiger charge is 2.21. The number of hydrogen-bond donors (Lipinski definition) is 1. The van der Waals surface area contributed by atoms with Crippen LogP contribution in [0.1, 0.15) is 37.3 Å². The second kappa shape index (κ2) is 6.50. The van der Waals surface area contributed by atoms with E-state index in [1.54, 1.807) is 24.3 Å². The molecule has 1 saturated carbocycles. The van der Waals surface area contributed by atoms with Crippen LogP contribution in [0.4, 0.5) is 0 Å². The number of nitrogens with one attached hydrogen (secondary N) is 1. The van der Waals surface area contributed by atoms with Crippen molar-refractivity contribution < 1.29 is 4.52 Å². The molecule has 4 aromatic rings. The van der Waals surface area contributed by atoms with Crippen LogP contribution in [0.2, 0.25) is 0 Å². The fraction of sp³-hybridized carbons (Fsp3) is 0.238. The minimum absolute atomic E-state index is 0.0644.